The maximum Gasteiger partial charge on any atom is 0.166 e. The lowest BCUT2D eigenvalue weighted by Crippen LogP contribution is -2.12. The molecule has 0 aliphatic heterocycles. The molecular formula is C16H13ClO. The molecule has 0 fully saturated rings. The minimum absolute atomic E-state index is 0.0702. The van der Waals surface area contributed by atoms with Crippen molar-refractivity contribution in [1.29, 1.82) is 0 Å². The van der Waals surface area contributed by atoms with Crippen molar-refractivity contribution in [1.82, 2.24) is 0 Å². The van der Waals surface area contributed by atoms with Gasteiger partial charge in [-0.1, -0.05) is 48.0 Å². The maximum atomic E-state index is 12.3. The van der Waals surface area contributed by atoms with Crippen LogP contribution in [0.3, 0.4) is 0 Å². The van der Waals surface area contributed by atoms with Crippen LogP contribution in [0.1, 0.15) is 21.5 Å². The zero-order valence-electron chi connectivity index (χ0n) is 9.90. The van der Waals surface area contributed by atoms with Crippen molar-refractivity contribution in [2.75, 3.05) is 0 Å². The third-order valence-electron chi connectivity index (χ3n) is 3.50. The zero-order chi connectivity index (χ0) is 12.5. The van der Waals surface area contributed by atoms with Crippen molar-refractivity contribution in [2.45, 2.75) is 12.8 Å². The molecule has 1 nitrogen and oxygen atoms in total. The van der Waals surface area contributed by atoms with E-state index in [4.69, 9.17) is 11.6 Å². The van der Waals surface area contributed by atoms with Crippen molar-refractivity contribution in [2.24, 2.45) is 5.92 Å². The first-order chi connectivity index (χ1) is 8.74. The van der Waals surface area contributed by atoms with Gasteiger partial charge in [-0.3, -0.25) is 4.79 Å². The molecule has 1 atom stereocenters. The number of hydrogen-bond acceptors (Lipinski definition) is 1. The summed E-state index contributed by atoms with van der Waals surface area (Å²) in [6, 6.07) is 15.8. The van der Waals surface area contributed by atoms with Crippen molar-refractivity contribution < 1.29 is 4.79 Å². The lowest BCUT2D eigenvalue weighted by molar-refractivity contribution is 0.0936. The molecule has 3 rings (SSSR count). The number of ketones is 1. The summed E-state index contributed by atoms with van der Waals surface area (Å²) >= 11 is 5.94. The highest BCUT2D eigenvalue weighted by molar-refractivity contribution is 6.31. The van der Waals surface area contributed by atoms with Gasteiger partial charge in [0.2, 0.25) is 0 Å². The summed E-state index contributed by atoms with van der Waals surface area (Å²) in [6.07, 6.45) is 1.65. The van der Waals surface area contributed by atoms with Crippen LogP contribution in [-0.2, 0) is 12.8 Å². The molecule has 0 bridgehead atoms. The minimum atomic E-state index is 0.0702. The molecule has 0 saturated heterocycles. The van der Waals surface area contributed by atoms with Crippen LogP contribution in [0, 0.1) is 5.92 Å². The van der Waals surface area contributed by atoms with Gasteiger partial charge in [-0.25, -0.2) is 0 Å². The molecule has 2 heteroatoms. The maximum absolute atomic E-state index is 12.3. The van der Waals surface area contributed by atoms with Gasteiger partial charge in [0.15, 0.2) is 5.78 Å². The first-order valence-electron chi connectivity index (χ1n) is 6.10. The predicted molar refractivity (Wildman–Crippen MR) is 73.1 cm³/mol. The smallest absolute Gasteiger partial charge is 0.166 e. The zero-order valence-corrected chi connectivity index (χ0v) is 10.7. The van der Waals surface area contributed by atoms with Gasteiger partial charge >= 0.3 is 0 Å². The van der Waals surface area contributed by atoms with Gasteiger partial charge in [0.1, 0.15) is 0 Å². The molecule has 0 N–H and O–H groups in total. The number of carbonyl (C=O) groups excluding carboxylic acids is 1. The Hall–Kier alpha value is -1.60. The number of halogens is 1. The number of Topliss-reactive ketones (excluding diaryl/α,β-unsaturated/α-hetero) is 1. The molecule has 2 aromatic rings. The molecule has 0 radical (unpaired) electrons. The van der Waals surface area contributed by atoms with Crippen LogP contribution in [-0.4, -0.2) is 5.78 Å². The Bertz CT molecular complexity index is 589. The molecule has 0 unspecified atom stereocenters. The van der Waals surface area contributed by atoms with Gasteiger partial charge in [-0.15, -0.1) is 0 Å². The second-order valence-electron chi connectivity index (χ2n) is 4.76. The van der Waals surface area contributed by atoms with Crippen molar-refractivity contribution in [3.8, 4) is 0 Å². The number of benzene rings is 2. The van der Waals surface area contributed by atoms with Crippen LogP contribution >= 0.6 is 11.6 Å². The Labute approximate surface area is 111 Å². The number of carbonyl (C=O) groups is 1. The molecule has 2 aromatic carbocycles. The van der Waals surface area contributed by atoms with Gasteiger partial charge in [-0.05, 0) is 36.1 Å². The quantitative estimate of drug-likeness (QED) is 0.796. The summed E-state index contributed by atoms with van der Waals surface area (Å²) in [4.78, 5) is 12.3. The van der Waals surface area contributed by atoms with Gasteiger partial charge < -0.3 is 0 Å². The highest BCUT2D eigenvalue weighted by Crippen LogP contribution is 2.30. The number of rotatable bonds is 2. The first-order valence-corrected chi connectivity index (χ1v) is 6.48. The predicted octanol–water partition coefficient (Wildman–Crippen LogP) is 3.94. The van der Waals surface area contributed by atoms with E-state index in [1.807, 2.05) is 30.3 Å². The Morgan fingerprint density at radius 1 is 1.11 bits per heavy atom. The van der Waals surface area contributed by atoms with Crippen LogP contribution in [0.4, 0.5) is 0 Å². The summed E-state index contributed by atoms with van der Waals surface area (Å²) in [5.41, 5.74) is 3.16. The van der Waals surface area contributed by atoms with E-state index in [0.717, 1.165) is 24.0 Å². The topological polar surface area (TPSA) is 17.1 Å². The average molecular weight is 257 g/mol. The lowest BCUT2D eigenvalue weighted by Gasteiger charge is -2.07. The number of hydrogen-bond donors (Lipinski definition) is 0. The second-order valence-corrected chi connectivity index (χ2v) is 5.19. The fourth-order valence-electron chi connectivity index (χ4n) is 2.60. The molecule has 0 spiro atoms. The van der Waals surface area contributed by atoms with Crippen molar-refractivity contribution in [3.05, 3.63) is 70.2 Å². The van der Waals surface area contributed by atoms with Crippen LogP contribution in [0.25, 0.3) is 0 Å². The van der Waals surface area contributed by atoms with Crippen molar-refractivity contribution >= 4 is 17.4 Å². The molecule has 0 saturated carbocycles. The van der Waals surface area contributed by atoms with E-state index in [1.165, 1.54) is 5.56 Å². The van der Waals surface area contributed by atoms with Crippen LogP contribution in [0.5, 0.6) is 0 Å². The Balaban J connectivity index is 1.85. The van der Waals surface area contributed by atoms with Crippen LogP contribution < -0.4 is 0 Å². The van der Waals surface area contributed by atoms with E-state index >= 15 is 0 Å². The highest BCUT2D eigenvalue weighted by atomic mass is 35.5. The normalized spacial score (nSPS) is 17.8. The number of fused-ring (bicyclic) bond motifs is 1. The van der Waals surface area contributed by atoms with E-state index in [2.05, 4.69) is 12.1 Å². The van der Waals surface area contributed by atoms with Crippen LogP contribution in [0.2, 0.25) is 5.02 Å². The van der Waals surface area contributed by atoms with Gasteiger partial charge in [-0.2, -0.15) is 0 Å². The van der Waals surface area contributed by atoms with E-state index in [1.54, 1.807) is 6.07 Å². The fourth-order valence-corrected chi connectivity index (χ4v) is 2.77. The van der Waals surface area contributed by atoms with E-state index < -0.39 is 0 Å². The first kappa shape index (κ1) is 11.5. The van der Waals surface area contributed by atoms with Gasteiger partial charge in [0.25, 0.3) is 0 Å². The molecule has 90 valence electrons. The Morgan fingerprint density at radius 2 is 1.89 bits per heavy atom. The molecule has 1 aliphatic carbocycles. The van der Waals surface area contributed by atoms with Gasteiger partial charge in [0, 0.05) is 16.5 Å². The van der Waals surface area contributed by atoms with Crippen LogP contribution in [0.15, 0.2) is 48.5 Å². The largest absolute Gasteiger partial charge is 0.294 e. The molecule has 0 aromatic heterocycles. The van der Waals surface area contributed by atoms with Crippen molar-refractivity contribution in [3.63, 3.8) is 0 Å². The summed E-state index contributed by atoms with van der Waals surface area (Å²) < 4.78 is 0. The minimum Gasteiger partial charge on any atom is -0.294 e. The summed E-state index contributed by atoms with van der Waals surface area (Å²) in [7, 11) is 0. The third-order valence-corrected chi connectivity index (χ3v) is 3.73. The fraction of sp³-hybridized carbons (Fsp3) is 0.188. The average Bonchev–Trinajstić information content (AvgIpc) is 2.68. The molecule has 18 heavy (non-hydrogen) atoms. The van der Waals surface area contributed by atoms with E-state index in [9.17, 15) is 4.79 Å². The van der Waals surface area contributed by atoms with Gasteiger partial charge in [0.05, 0.1) is 0 Å². The standard InChI is InChI=1S/C16H13ClO/c17-14-7-6-12-9-13(16(18)15(12)10-14)8-11-4-2-1-3-5-11/h1-7,10,13H,8-9H2/t13-/m1/s1. The Morgan fingerprint density at radius 3 is 2.67 bits per heavy atom. The monoisotopic (exact) mass is 256 g/mol. The second kappa shape index (κ2) is 4.58. The summed E-state index contributed by atoms with van der Waals surface area (Å²) in [5.74, 6) is 0.303. The molecule has 0 heterocycles. The Kier molecular flexibility index (Phi) is 2.92. The van der Waals surface area contributed by atoms with E-state index in [-0.39, 0.29) is 11.7 Å². The SMILES string of the molecule is O=C1c2cc(Cl)ccc2C[C@H]1Cc1ccccc1. The lowest BCUT2D eigenvalue weighted by atomic mass is 9.96. The van der Waals surface area contributed by atoms with E-state index in [0.29, 0.717) is 5.02 Å². The highest BCUT2D eigenvalue weighted by Gasteiger charge is 2.30. The molecular weight excluding hydrogens is 244 g/mol. The molecule has 0 amide bonds. The molecule has 1 aliphatic rings. The summed E-state index contributed by atoms with van der Waals surface area (Å²) in [5, 5.41) is 0.641. The summed E-state index contributed by atoms with van der Waals surface area (Å²) in [6.45, 7) is 0. The third kappa shape index (κ3) is 2.06.